The molecule has 3 aromatic rings. The van der Waals surface area contributed by atoms with Crippen LogP contribution in [0.25, 0.3) is 16.7 Å². The number of nitrogens with zero attached hydrogens (tertiary/aromatic N) is 3. The van der Waals surface area contributed by atoms with Gasteiger partial charge in [0.25, 0.3) is 11.5 Å². The monoisotopic (exact) mass is 343 g/mol. The number of carbonyl (C=O) groups excluding carboxylic acids is 1. The number of amides is 1. The summed E-state index contributed by atoms with van der Waals surface area (Å²) in [5, 5.41) is 18.4. The van der Waals surface area contributed by atoms with Crippen LogP contribution in [-0.4, -0.2) is 36.2 Å². The highest BCUT2D eigenvalue weighted by Crippen LogP contribution is 2.27. The first-order valence-electron chi connectivity index (χ1n) is 8.39. The summed E-state index contributed by atoms with van der Waals surface area (Å²) in [7, 11) is 0. The molecule has 8 heteroatoms. The average Bonchev–Trinajstić information content (AvgIpc) is 3.06. The molecule has 1 aliphatic rings. The van der Waals surface area contributed by atoms with E-state index in [0.717, 1.165) is 18.2 Å². The number of aromatic amines is 1. The fourth-order valence-electron chi connectivity index (χ4n) is 3.03. The Balaban J connectivity index is 2.02. The van der Waals surface area contributed by atoms with E-state index in [1.165, 1.54) is 9.08 Å². The second kappa shape index (κ2) is 5.11. The number of nitrogens with one attached hydrogen (secondary N) is 2. The lowest BCUT2D eigenvalue weighted by Gasteiger charge is -2.21. The van der Waals surface area contributed by atoms with E-state index in [4.69, 9.17) is 0 Å². The minimum absolute atomic E-state index is 0.0882. The van der Waals surface area contributed by atoms with E-state index in [0.29, 0.717) is 17.8 Å². The van der Waals surface area contributed by atoms with Crippen molar-refractivity contribution in [3.8, 4) is 5.88 Å². The van der Waals surface area contributed by atoms with Gasteiger partial charge in [-0.3, -0.25) is 14.2 Å². The quantitative estimate of drug-likeness (QED) is 0.672. The lowest BCUT2D eigenvalue weighted by atomic mass is 9.96. The van der Waals surface area contributed by atoms with Gasteiger partial charge >= 0.3 is 0 Å². The molecule has 0 radical (unpaired) electrons. The molecule has 0 saturated heterocycles. The minimum atomic E-state index is -0.547. The highest BCUT2D eigenvalue weighted by molar-refractivity contribution is 5.98. The van der Waals surface area contributed by atoms with Gasteiger partial charge in [0, 0.05) is 18.8 Å². The van der Waals surface area contributed by atoms with Crippen molar-refractivity contribution in [1.82, 2.24) is 24.5 Å². The molecule has 1 aliphatic carbocycles. The van der Waals surface area contributed by atoms with Crippen LogP contribution >= 0.6 is 0 Å². The van der Waals surface area contributed by atoms with Gasteiger partial charge in [-0.25, -0.2) is 0 Å². The number of aromatic hydroxyl groups is 1. The first-order valence-corrected chi connectivity index (χ1v) is 8.39. The fourth-order valence-corrected chi connectivity index (χ4v) is 3.03. The molecule has 3 heterocycles. The van der Waals surface area contributed by atoms with Crippen molar-refractivity contribution in [1.29, 1.82) is 0 Å². The normalized spacial score (nSPS) is 15.2. The van der Waals surface area contributed by atoms with E-state index in [1.807, 2.05) is 20.8 Å². The summed E-state index contributed by atoms with van der Waals surface area (Å²) in [6.45, 7) is 6.43. The number of hydrogen-bond donors (Lipinski definition) is 3. The molecule has 0 atom stereocenters. The number of rotatable bonds is 3. The average molecular weight is 343 g/mol. The van der Waals surface area contributed by atoms with Crippen LogP contribution in [0.5, 0.6) is 5.88 Å². The van der Waals surface area contributed by atoms with Gasteiger partial charge in [-0.1, -0.05) is 20.8 Å². The smallest absolute Gasteiger partial charge is 0.270 e. The maximum atomic E-state index is 13.1. The number of H-pyrrole nitrogens is 1. The van der Waals surface area contributed by atoms with Gasteiger partial charge < -0.3 is 15.4 Å². The van der Waals surface area contributed by atoms with Gasteiger partial charge in [0.05, 0.1) is 5.39 Å². The van der Waals surface area contributed by atoms with Crippen LogP contribution in [0, 0.1) is 5.41 Å². The molecule has 3 aromatic heterocycles. The van der Waals surface area contributed by atoms with E-state index >= 15 is 0 Å². The van der Waals surface area contributed by atoms with E-state index in [1.54, 1.807) is 12.3 Å². The Morgan fingerprint density at radius 2 is 2.16 bits per heavy atom. The van der Waals surface area contributed by atoms with Crippen molar-refractivity contribution in [2.24, 2.45) is 5.41 Å². The van der Waals surface area contributed by atoms with Gasteiger partial charge in [-0.15, -0.1) is 5.10 Å². The zero-order valence-electron chi connectivity index (χ0n) is 14.5. The standard InChI is InChI=1S/C17H21N5O3/c1-17(2,3)8-21-14-10-6-7-18-12(10)20-22(14)16(25)11(15(21)24)13(23)19-9-4-5-9/h6-7,9,25H,4-5,8H2,1-3H3,(H,18,20)(H,19,23). The molecule has 8 nitrogen and oxygen atoms in total. The molecule has 1 fully saturated rings. The molecular weight excluding hydrogens is 322 g/mol. The van der Waals surface area contributed by atoms with Gasteiger partial charge in [0.15, 0.2) is 16.9 Å². The van der Waals surface area contributed by atoms with Gasteiger partial charge in [-0.05, 0) is 24.3 Å². The molecule has 0 unspecified atom stereocenters. The molecule has 0 spiro atoms. The number of carbonyl (C=O) groups is 1. The minimum Gasteiger partial charge on any atom is -0.492 e. The van der Waals surface area contributed by atoms with Crippen LogP contribution in [0.4, 0.5) is 0 Å². The Morgan fingerprint density at radius 3 is 2.80 bits per heavy atom. The third-order valence-corrected chi connectivity index (χ3v) is 4.28. The van der Waals surface area contributed by atoms with Crippen LogP contribution in [0.15, 0.2) is 17.1 Å². The van der Waals surface area contributed by atoms with Crippen molar-refractivity contribution in [2.75, 3.05) is 0 Å². The van der Waals surface area contributed by atoms with Crippen LogP contribution in [0.2, 0.25) is 0 Å². The van der Waals surface area contributed by atoms with Crippen molar-refractivity contribution in [3.63, 3.8) is 0 Å². The highest BCUT2D eigenvalue weighted by Gasteiger charge is 2.30. The van der Waals surface area contributed by atoms with E-state index < -0.39 is 17.3 Å². The third kappa shape index (κ3) is 2.57. The molecule has 132 valence electrons. The maximum Gasteiger partial charge on any atom is 0.270 e. The largest absolute Gasteiger partial charge is 0.492 e. The first kappa shape index (κ1) is 15.7. The third-order valence-electron chi connectivity index (χ3n) is 4.28. The van der Waals surface area contributed by atoms with Crippen molar-refractivity contribution in [2.45, 2.75) is 46.2 Å². The summed E-state index contributed by atoms with van der Waals surface area (Å²) >= 11 is 0. The molecule has 25 heavy (non-hydrogen) atoms. The summed E-state index contributed by atoms with van der Waals surface area (Å²) in [5.74, 6) is -0.971. The van der Waals surface area contributed by atoms with E-state index in [2.05, 4.69) is 15.4 Å². The van der Waals surface area contributed by atoms with Crippen LogP contribution in [0.1, 0.15) is 44.0 Å². The van der Waals surface area contributed by atoms with Crippen LogP contribution in [-0.2, 0) is 6.54 Å². The second-order valence-corrected chi connectivity index (χ2v) is 7.87. The Bertz CT molecular complexity index is 1050. The summed E-state index contributed by atoms with van der Waals surface area (Å²) in [6, 6.07) is 1.89. The van der Waals surface area contributed by atoms with Crippen LogP contribution in [0.3, 0.4) is 0 Å². The molecule has 0 aliphatic heterocycles. The summed E-state index contributed by atoms with van der Waals surface area (Å²) in [6.07, 6.45) is 3.53. The molecule has 0 bridgehead atoms. The molecule has 1 amide bonds. The maximum absolute atomic E-state index is 13.1. The molecule has 3 N–H and O–H groups in total. The fraction of sp³-hybridized carbons (Fsp3) is 0.471. The zero-order chi connectivity index (χ0) is 17.9. The summed E-state index contributed by atoms with van der Waals surface area (Å²) in [4.78, 5) is 28.6. The van der Waals surface area contributed by atoms with Crippen molar-refractivity contribution < 1.29 is 9.90 Å². The second-order valence-electron chi connectivity index (χ2n) is 7.87. The number of fused-ring (bicyclic) bond motifs is 3. The lowest BCUT2D eigenvalue weighted by Crippen LogP contribution is -2.37. The van der Waals surface area contributed by atoms with Crippen molar-refractivity contribution >= 4 is 22.6 Å². The van der Waals surface area contributed by atoms with Gasteiger partial charge in [0.1, 0.15) is 0 Å². The first-order chi connectivity index (χ1) is 11.8. The van der Waals surface area contributed by atoms with Gasteiger partial charge in [0.2, 0.25) is 5.88 Å². The Kier molecular flexibility index (Phi) is 3.22. The predicted molar refractivity (Wildman–Crippen MR) is 92.9 cm³/mol. The lowest BCUT2D eigenvalue weighted by molar-refractivity contribution is 0.0944. The predicted octanol–water partition coefficient (Wildman–Crippen LogP) is 1.62. The summed E-state index contributed by atoms with van der Waals surface area (Å²) < 4.78 is 2.81. The molecule has 1 saturated carbocycles. The number of aromatic nitrogens is 4. The van der Waals surface area contributed by atoms with Crippen molar-refractivity contribution in [3.05, 3.63) is 28.2 Å². The molecule has 0 aromatic carbocycles. The Hall–Kier alpha value is -2.77. The highest BCUT2D eigenvalue weighted by atomic mass is 16.3. The summed E-state index contributed by atoms with van der Waals surface area (Å²) in [5.41, 5.74) is 0.0851. The zero-order valence-corrected chi connectivity index (χ0v) is 14.5. The SMILES string of the molecule is CC(C)(C)Cn1c(=O)c(C(=O)NC2CC2)c(O)n2nc3[nH]ccc3c12. The Morgan fingerprint density at radius 1 is 1.44 bits per heavy atom. The van der Waals surface area contributed by atoms with E-state index in [-0.39, 0.29) is 17.0 Å². The van der Waals surface area contributed by atoms with E-state index in [9.17, 15) is 14.7 Å². The topological polar surface area (TPSA) is 104 Å². The van der Waals surface area contributed by atoms with Gasteiger partial charge in [-0.2, -0.15) is 4.52 Å². The number of hydrogen-bond acceptors (Lipinski definition) is 4. The van der Waals surface area contributed by atoms with Crippen LogP contribution < -0.4 is 10.9 Å². The Labute approximate surface area is 143 Å². The molecule has 4 rings (SSSR count). The molecular formula is C17H21N5O3.